The van der Waals surface area contributed by atoms with Gasteiger partial charge in [0.1, 0.15) is 5.76 Å². The lowest BCUT2D eigenvalue weighted by molar-refractivity contribution is 0.0946. The Morgan fingerprint density at radius 2 is 2.10 bits per heavy atom. The van der Waals surface area contributed by atoms with Gasteiger partial charge in [-0.3, -0.25) is 4.79 Å². The van der Waals surface area contributed by atoms with Crippen LogP contribution >= 0.6 is 0 Å². The number of carbonyl (C=O) groups excluding carboxylic acids is 1. The molecule has 0 unspecified atom stereocenters. The van der Waals surface area contributed by atoms with Crippen molar-refractivity contribution in [2.24, 2.45) is 0 Å². The predicted octanol–water partition coefficient (Wildman–Crippen LogP) is 2.37. The topological polar surface area (TPSA) is 81.2 Å². The zero-order valence-corrected chi connectivity index (χ0v) is 12.0. The van der Waals surface area contributed by atoms with Crippen LogP contribution in [-0.4, -0.2) is 10.9 Å². The van der Waals surface area contributed by atoms with Crippen LogP contribution in [-0.2, 0) is 13.0 Å². The third-order valence-electron chi connectivity index (χ3n) is 3.21. The second kappa shape index (κ2) is 5.77. The summed E-state index contributed by atoms with van der Waals surface area (Å²) in [5.74, 6) is 1.14. The summed E-state index contributed by atoms with van der Waals surface area (Å²) in [7, 11) is 0. The first-order valence-corrected chi connectivity index (χ1v) is 6.59. The maximum absolute atomic E-state index is 12.1. The molecule has 0 atom stereocenters. The molecule has 2 rings (SSSR count). The summed E-state index contributed by atoms with van der Waals surface area (Å²) >= 11 is 0. The van der Waals surface area contributed by atoms with Crippen molar-refractivity contribution < 1.29 is 9.21 Å². The number of hydrogen-bond donors (Lipinski definition) is 2. The van der Waals surface area contributed by atoms with E-state index in [1.807, 2.05) is 26.8 Å². The summed E-state index contributed by atoms with van der Waals surface area (Å²) in [5.41, 5.74) is 8.91. The van der Waals surface area contributed by atoms with Crippen LogP contribution in [0.2, 0.25) is 0 Å². The van der Waals surface area contributed by atoms with E-state index in [1.54, 1.807) is 12.3 Å². The van der Waals surface area contributed by atoms with Gasteiger partial charge in [-0.05, 0) is 31.0 Å². The molecule has 0 aliphatic heterocycles. The average Bonchev–Trinajstić information content (AvgIpc) is 2.88. The molecular formula is C15H19N3O2. The first kappa shape index (κ1) is 14.1. The summed E-state index contributed by atoms with van der Waals surface area (Å²) in [6, 6.07) is 3.61. The highest BCUT2D eigenvalue weighted by Crippen LogP contribution is 2.17. The number of oxazole rings is 1. The van der Waals surface area contributed by atoms with Gasteiger partial charge in [0.05, 0.1) is 12.7 Å². The number of amides is 1. The molecule has 2 aromatic rings. The van der Waals surface area contributed by atoms with E-state index in [4.69, 9.17) is 10.2 Å². The van der Waals surface area contributed by atoms with Crippen molar-refractivity contribution in [3.8, 4) is 0 Å². The number of aromatic nitrogens is 1. The molecule has 5 heteroatoms. The SMILES string of the molecule is CCc1cnc(CNC(=O)c2cc(N)c(C)cc2C)o1. The molecule has 3 N–H and O–H groups in total. The molecule has 1 amide bonds. The van der Waals surface area contributed by atoms with E-state index in [2.05, 4.69) is 10.3 Å². The molecule has 0 aliphatic rings. The Morgan fingerprint density at radius 3 is 2.75 bits per heavy atom. The van der Waals surface area contributed by atoms with Crippen LogP contribution in [0.1, 0.15) is 40.1 Å². The first-order valence-electron chi connectivity index (χ1n) is 6.59. The number of rotatable bonds is 4. The Hall–Kier alpha value is -2.30. The number of nitrogens with zero attached hydrogens (tertiary/aromatic N) is 1. The first-order chi connectivity index (χ1) is 9.51. The quantitative estimate of drug-likeness (QED) is 0.838. The fourth-order valence-corrected chi connectivity index (χ4v) is 1.96. The van der Waals surface area contributed by atoms with Crippen molar-refractivity contribution in [1.82, 2.24) is 10.3 Å². The van der Waals surface area contributed by atoms with Gasteiger partial charge < -0.3 is 15.5 Å². The largest absolute Gasteiger partial charge is 0.444 e. The minimum absolute atomic E-state index is 0.176. The molecule has 0 aliphatic carbocycles. The molecule has 1 heterocycles. The zero-order valence-electron chi connectivity index (χ0n) is 12.0. The molecule has 0 saturated carbocycles. The van der Waals surface area contributed by atoms with E-state index in [0.717, 1.165) is 23.3 Å². The van der Waals surface area contributed by atoms with Crippen molar-refractivity contribution in [2.45, 2.75) is 33.7 Å². The van der Waals surface area contributed by atoms with Crippen LogP contribution in [0.4, 0.5) is 5.69 Å². The number of nitrogens with two attached hydrogens (primary N) is 1. The highest BCUT2D eigenvalue weighted by Gasteiger charge is 2.12. The van der Waals surface area contributed by atoms with Crippen molar-refractivity contribution in [3.05, 3.63) is 46.7 Å². The van der Waals surface area contributed by atoms with Crippen molar-refractivity contribution >= 4 is 11.6 Å². The fraction of sp³-hybridized carbons (Fsp3) is 0.333. The third kappa shape index (κ3) is 2.99. The van der Waals surface area contributed by atoms with Crippen LogP contribution in [0.3, 0.4) is 0 Å². The van der Waals surface area contributed by atoms with E-state index in [1.165, 1.54) is 0 Å². The van der Waals surface area contributed by atoms with Gasteiger partial charge in [0.25, 0.3) is 5.91 Å². The molecule has 1 aromatic heterocycles. The van der Waals surface area contributed by atoms with Crippen LogP contribution in [0.15, 0.2) is 22.7 Å². The Balaban J connectivity index is 2.07. The standard InChI is InChI=1S/C15H19N3O2/c1-4-11-7-17-14(20-11)8-18-15(19)12-6-13(16)10(3)5-9(12)2/h5-7H,4,8,16H2,1-3H3,(H,18,19). The molecule has 0 fully saturated rings. The van der Waals surface area contributed by atoms with Gasteiger partial charge in [0.15, 0.2) is 0 Å². The van der Waals surface area contributed by atoms with Gasteiger partial charge in [-0.2, -0.15) is 0 Å². The number of carbonyl (C=O) groups is 1. The maximum atomic E-state index is 12.1. The Kier molecular flexibility index (Phi) is 4.08. The second-order valence-electron chi connectivity index (χ2n) is 4.78. The van der Waals surface area contributed by atoms with Crippen LogP contribution in [0.25, 0.3) is 0 Å². The molecule has 106 valence electrons. The Morgan fingerprint density at radius 1 is 1.35 bits per heavy atom. The minimum atomic E-state index is -0.176. The molecule has 0 bridgehead atoms. The maximum Gasteiger partial charge on any atom is 0.252 e. The monoisotopic (exact) mass is 273 g/mol. The summed E-state index contributed by atoms with van der Waals surface area (Å²) in [5, 5.41) is 2.79. The van der Waals surface area contributed by atoms with E-state index in [0.29, 0.717) is 17.1 Å². The third-order valence-corrected chi connectivity index (χ3v) is 3.21. The van der Waals surface area contributed by atoms with E-state index < -0.39 is 0 Å². The number of nitrogens with one attached hydrogen (secondary N) is 1. The predicted molar refractivity (Wildman–Crippen MR) is 77.4 cm³/mol. The molecule has 0 saturated heterocycles. The molecule has 0 spiro atoms. The summed E-state index contributed by atoms with van der Waals surface area (Å²) in [6.45, 7) is 6.07. The Bertz CT molecular complexity index is 632. The van der Waals surface area contributed by atoms with Gasteiger partial charge >= 0.3 is 0 Å². The number of hydrogen-bond acceptors (Lipinski definition) is 4. The Labute approximate surface area is 118 Å². The van der Waals surface area contributed by atoms with Gasteiger partial charge in [-0.1, -0.05) is 13.0 Å². The lowest BCUT2D eigenvalue weighted by Gasteiger charge is -2.09. The molecule has 20 heavy (non-hydrogen) atoms. The van der Waals surface area contributed by atoms with E-state index >= 15 is 0 Å². The summed E-state index contributed by atoms with van der Waals surface area (Å²) in [4.78, 5) is 16.2. The van der Waals surface area contributed by atoms with Crippen LogP contribution in [0.5, 0.6) is 0 Å². The van der Waals surface area contributed by atoms with Gasteiger partial charge in [0, 0.05) is 17.7 Å². The van der Waals surface area contributed by atoms with E-state index in [9.17, 15) is 4.79 Å². The van der Waals surface area contributed by atoms with Crippen molar-refractivity contribution in [2.75, 3.05) is 5.73 Å². The average molecular weight is 273 g/mol. The number of aryl methyl sites for hydroxylation is 3. The minimum Gasteiger partial charge on any atom is -0.444 e. The number of benzene rings is 1. The fourth-order valence-electron chi connectivity index (χ4n) is 1.96. The smallest absolute Gasteiger partial charge is 0.252 e. The van der Waals surface area contributed by atoms with Crippen LogP contribution < -0.4 is 11.1 Å². The van der Waals surface area contributed by atoms with Gasteiger partial charge in [0.2, 0.25) is 5.89 Å². The van der Waals surface area contributed by atoms with Crippen LogP contribution in [0, 0.1) is 13.8 Å². The van der Waals surface area contributed by atoms with Crippen molar-refractivity contribution in [1.29, 1.82) is 0 Å². The molecule has 0 radical (unpaired) electrons. The molecule has 1 aromatic carbocycles. The highest BCUT2D eigenvalue weighted by atomic mass is 16.4. The normalized spacial score (nSPS) is 10.6. The van der Waals surface area contributed by atoms with E-state index in [-0.39, 0.29) is 12.5 Å². The van der Waals surface area contributed by atoms with Crippen molar-refractivity contribution in [3.63, 3.8) is 0 Å². The molecule has 5 nitrogen and oxygen atoms in total. The summed E-state index contributed by atoms with van der Waals surface area (Å²) < 4.78 is 5.44. The molecular weight excluding hydrogens is 254 g/mol. The highest BCUT2D eigenvalue weighted by molar-refractivity contribution is 5.96. The second-order valence-corrected chi connectivity index (χ2v) is 4.78. The lowest BCUT2D eigenvalue weighted by Crippen LogP contribution is -2.24. The van der Waals surface area contributed by atoms with Gasteiger partial charge in [-0.25, -0.2) is 4.98 Å². The number of anilines is 1. The lowest BCUT2D eigenvalue weighted by atomic mass is 10.0. The number of nitrogen functional groups attached to an aromatic ring is 1. The van der Waals surface area contributed by atoms with Gasteiger partial charge in [-0.15, -0.1) is 0 Å². The summed E-state index contributed by atoms with van der Waals surface area (Å²) in [6.07, 6.45) is 2.46. The zero-order chi connectivity index (χ0) is 14.7.